The molecule has 0 saturated carbocycles. The largest absolute Gasteiger partial charge is 0.326 e. The van der Waals surface area contributed by atoms with E-state index in [1.165, 1.54) is 24.3 Å². The van der Waals surface area contributed by atoms with Crippen molar-refractivity contribution in [3.8, 4) is 0 Å². The molecule has 82 valence electrons. The third kappa shape index (κ3) is 1.84. The molecule has 4 heteroatoms. The summed E-state index contributed by atoms with van der Waals surface area (Å²) < 4.78 is 0.929. The van der Waals surface area contributed by atoms with Crippen molar-refractivity contribution in [2.75, 3.05) is 5.32 Å². The van der Waals surface area contributed by atoms with Crippen LogP contribution in [0.3, 0.4) is 0 Å². The smallest absolute Gasteiger partial charge is 0.221 e. The Morgan fingerprint density at radius 2 is 2.06 bits per heavy atom. The van der Waals surface area contributed by atoms with Crippen LogP contribution in [0.25, 0.3) is 10.1 Å². The molecule has 1 N–H and O–H groups in total. The van der Waals surface area contributed by atoms with E-state index in [9.17, 15) is 9.59 Å². The zero-order valence-corrected chi connectivity index (χ0v) is 9.85. The van der Waals surface area contributed by atoms with Crippen molar-refractivity contribution in [1.29, 1.82) is 0 Å². The second-order valence-electron chi connectivity index (χ2n) is 3.60. The molecule has 0 atom stereocenters. The monoisotopic (exact) mass is 233 g/mol. The Bertz CT molecular complexity index is 616. The summed E-state index contributed by atoms with van der Waals surface area (Å²) in [4.78, 5) is 22.8. The number of amides is 1. The number of nitrogens with one attached hydrogen (secondary N) is 1. The summed E-state index contributed by atoms with van der Waals surface area (Å²) in [6.07, 6.45) is 0. The van der Waals surface area contributed by atoms with Gasteiger partial charge in [0.05, 0.1) is 11.1 Å². The first-order valence-electron chi connectivity index (χ1n) is 4.88. The minimum atomic E-state index is -0.168. The lowest BCUT2D eigenvalue weighted by molar-refractivity contribution is -0.114. The zero-order chi connectivity index (χ0) is 11.7. The van der Waals surface area contributed by atoms with Crippen molar-refractivity contribution >= 4 is 33.0 Å². The molecule has 0 saturated heterocycles. The maximum absolute atomic E-state index is 11.8. The Balaban J connectivity index is 2.81. The maximum Gasteiger partial charge on any atom is 0.221 e. The number of hydrogen-bond acceptors (Lipinski definition) is 3. The molecular weight excluding hydrogens is 222 g/mol. The summed E-state index contributed by atoms with van der Waals surface area (Å²) in [5, 5.41) is 5.06. The second kappa shape index (κ2) is 4.06. The average Bonchev–Trinajstić information content (AvgIpc) is 2.22. The fourth-order valence-electron chi connectivity index (χ4n) is 1.62. The molecule has 2 aromatic rings. The summed E-state index contributed by atoms with van der Waals surface area (Å²) >= 11 is 1.51. The van der Waals surface area contributed by atoms with Gasteiger partial charge in [-0.1, -0.05) is 6.07 Å². The molecule has 2 rings (SSSR count). The van der Waals surface area contributed by atoms with Crippen LogP contribution in [0.2, 0.25) is 0 Å². The van der Waals surface area contributed by atoms with Crippen LogP contribution in [-0.4, -0.2) is 5.91 Å². The highest BCUT2D eigenvalue weighted by Crippen LogP contribution is 2.26. The van der Waals surface area contributed by atoms with Crippen molar-refractivity contribution < 1.29 is 4.79 Å². The van der Waals surface area contributed by atoms with Crippen LogP contribution in [-0.2, 0) is 4.79 Å². The highest BCUT2D eigenvalue weighted by molar-refractivity contribution is 7.16. The van der Waals surface area contributed by atoms with Crippen LogP contribution < -0.4 is 10.7 Å². The summed E-state index contributed by atoms with van der Waals surface area (Å²) in [6, 6.07) is 5.20. The van der Waals surface area contributed by atoms with Gasteiger partial charge in [0, 0.05) is 11.6 Å². The number of fused-ring (bicyclic) bond motifs is 1. The molecule has 1 heterocycles. The predicted octanol–water partition coefficient (Wildman–Crippen LogP) is 2.53. The van der Waals surface area contributed by atoms with Gasteiger partial charge in [0.1, 0.15) is 0 Å². The topological polar surface area (TPSA) is 46.2 Å². The van der Waals surface area contributed by atoms with Crippen molar-refractivity contribution in [3.05, 3.63) is 39.4 Å². The Morgan fingerprint density at radius 3 is 2.75 bits per heavy atom. The lowest BCUT2D eigenvalue weighted by Crippen LogP contribution is -2.09. The Kier molecular flexibility index (Phi) is 2.75. The van der Waals surface area contributed by atoms with Crippen LogP contribution in [0.4, 0.5) is 5.69 Å². The van der Waals surface area contributed by atoms with E-state index in [0.717, 1.165) is 10.3 Å². The van der Waals surface area contributed by atoms with Crippen LogP contribution in [0.5, 0.6) is 0 Å². The van der Waals surface area contributed by atoms with Crippen LogP contribution >= 0.6 is 11.3 Å². The first-order valence-corrected chi connectivity index (χ1v) is 5.76. The van der Waals surface area contributed by atoms with E-state index in [1.54, 1.807) is 11.4 Å². The quantitative estimate of drug-likeness (QED) is 0.822. The third-order valence-electron chi connectivity index (χ3n) is 2.32. The van der Waals surface area contributed by atoms with Crippen molar-refractivity contribution in [2.24, 2.45) is 0 Å². The van der Waals surface area contributed by atoms with E-state index in [0.29, 0.717) is 11.1 Å². The van der Waals surface area contributed by atoms with Gasteiger partial charge < -0.3 is 5.32 Å². The maximum atomic E-state index is 11.8. The summed E-state index contributed by atoms with van der Waals surface area (Å²) in [6.45, 7) is 3.39. The number of anilines is 1. The number of carbonyl (C=O) groups is 1. The van der Waals surface area contributed by atoms with E-state index < -0.39 is 0 Å². The normalized spacial score (nSPS) is 10.4. The fraction of sp³-hybridized carbons (Fsp3) is 0.167. The van der Waals surface area contributed by atoms with Crippen molar-refractivity contribution in [2.45, 2.75) is 13.8 Å². The number of aryl methyl sites for hydroxylation is 1. The number of carbonyl (C=O) groups excluding carboxylic acids is 1. The molecule has 0 aliphatic heterocycles. The summed E-state index contributed by atoms with van der Waals surface area (Å²) in [7, 11) is 0. The van der Waals surface area contributed by atoms with Gasteiger partial charge in [0.25, 0.3) is 0 Å². The molecule has 1 aromatic heterocycles. The van der Waals surface area contributed by atoms with E-state index >= 15 is 0 Å². The third-order valence-corrected chi connectivity index (χ3v) is 3.35. The number of benzene rings is 1. The predicted molar refractivity (Wildman–Crippen MR) is 67.1 cm³/mol. The lowest BCUT2D eigenvalue weighted by atomic mass is 10.1. The Labute approximate surface area is 96.7 Å². The highest BCUT2D eigenvalue weighted by Gasteiger charge is 2.08. The Hall–Kier alpha value is -1.68. The summed E-state index contributed by atoms with van der Waals surface area (Å²) in [5.41, 5.74) is 1.59. The SMILES string of the molecule is CC(=O)Nc1ccc(C)c2sccc(=O)c12. The van der Waals surface area contributed by atoms with Gasteiger partial charge >= 0.3 is 0 Å². The first-order chi connectivity index (χ1) is 7.59. The van der Waals surface area contributed by atoms with E-state index in [1.807, 2.05) is 13.0 Å². The number of rotatable bonds is 1. The molecule has 0 fully saturated rings. The standard InChI is InChI=1S/C12H11NO2S/c1-7-3-4-9(13-8(2)14)11-10(15)5-6-16-12(7)11/h3-6H,1-2H3,(H,13,14). The van der Waals surface area contributed by atoms with E-state index in [2.05, 4.69) is 5.32 Å². The molecular formula is C12H11NO2S. The van der Waals surface area contributed by atoms with Crippen LogP contribution in [0.15, 0.2) is 28.4 Å². The highest BCUT2D eigenvalue weighted by atomic mass is 32.1. The van der Waals surface area contributed by atoms with Gasteiger partial charge in [0.15, 0.2) is 5.43 Å². The first kappa shape index (κ1) is 10.8. The van der Waals surface area contributed by atoms with E-state index in [4.69, 9.17) is 0 Å². The molecule has 0 unspecified atom stereocenters. The molecule has 0 aliphatic rings. The zero-order valence-electron chi connectivity index (χ0n) is 9.03. The minimum Gasteiger partial charge on any atom is -0.326 e. The van der Waals surface area contributed by atoms with Crippen LogP contribution in [0.1, 0.15) is 12.5 Å². The molecule has 0 bridgehead atoms. The van der Waals surface area contributed by atoms with Crippen molar-refractivity contribution in [1.82, 2.24) is 0 Å². The second-order valence-corrected chi connectivity index (χ2v) is 4.52. The lowest BCUT2D eigenvalue weighted by Gasteiger charge is -2.07. The number of hydrogen-bond donors (Lipinski definition) is 1. The molecule has 1 amide bonds. The molecule has 16 heavy (non-hydrogen) atoms. The fourth-order valence-corrected chi connectivity index (χ4v) is 2.53. The minimum absolute atomic E-state index is 0.0544. The van der Waals surface area contributed by atoms with Crippen molar-refractivity contribution in [3.63, 3.8) is 0 Å². The Morgan fingerprint density at radius 1 is 1.31 bits per heavy atom. The molecule has 0 aliphatic carbocycles. The van der Waals surface area contributed by atoms with Gasteiger partial charge in [-0.2, -0.15) is 0 Å². The molecule has 0 radical (unpaired) electrons. The summed E-state index contributed by atoms with van der Waals surface area (Å²) in [5.74, 6) is -0.168. The van der Waals surface area contributed by atoms with Gasteiger partial charge in [-0.25, -0.2) is 0 Å². The molecule has 3 nitrogen and oxygen atoms in total. The van der Waals surface area contributed by atoms with Gasteiger partial charge in [-0.3, -0.25) is 9.59 Å². The van der Waals surface area contributed by atoms with Crippen LogP contribution in [0, 0.1) is 6.92 Å². The van der Waals surface area contributed by atoms with Gasteiger partial charge in [0.2, 0.25) is 5.91 Å². The van der Waals surface area contributed by atoms with Gasteiger partial charge in [-0.15, -0.1) is 11.3 Å². The molecule has 0 spiro atoms. The van der Waals surface area contributed by atoms with E-state index in [-0.39, 0.29) is 11.3 Å². The van der Waals surface area contributed by atoms with Gasteiger partial charge in [-0.05, 0) is 30.0 Å². The molecule has 1 aromatic carbocycles. The average molecular weight is 233 g/mol.